The zero-order valence-electron chi connectivity index (χ0n) is 16.1. The van der Waals surface area contributed by atoms with E-state index in [1.807, 2.05) is 13.0 Å². The number of hydrogen-bond donors (Lipinski definition) is 2. The van der Waals surface area contributed by atoms with Crippen LogP contribution < -0.4 is 10.6 Å². The van der Waals surface area contributed by atoms with Crippen LogP contribution in [0.1, 0.15) is 18.9 Å². The molecule has 0 atom stereocenters. The Bertz CT molecular complexity index is 1000. The van der Waals surface area contributed by atoms with Crippen molar-refractivity contribution < 1.29 is 27.5 Å². The molecule has 0 aliphatic heterocycles. The smallest absolute Gasteiger partial charge is 0.307 e. The molecule has 29 heavy (non-hydrogen) atoms. The summed E-state index contributed by atoms with van der Waals surface area (Å²) >= 11 is 0. The molecule has 8 nitrogen and oxygen atoms in total. The minimum atomic E-state index is -3.71. The fraction of sp³-hybridized carbons (Fsp3) is 0.250. The minimum absolute atomic E-state index is 0.0246. The van der Waals surface area contributed by atoms with Gasteiger partial charge in [0.25, 0.3) is 5.91 Å². The SMILES string of the molecule is CC(=O)Nc1ccc(S(=O)(=O)CCC(=O)OCC(=O)Nc2cccc(C)c2)cc1. The predicted molar refractivity (Wildman–Crippen MR) is 108 cm³/mol. The van der Waals surface area contributed by atoms with Gasteiger partial charge in [-0.1, -0.05) is 12.1 Å². The van der Waals surface area contributed by atoms with Crippen molar-refractivity contribution >= 4 is 39.0 Å². The first-order chi connectivity index (χ1) is 13.7. The topological polar surface area (TPSA) is 119 Å². The Hall–Kier alpha value is -3.20. The molecule has 2 aromatic carbocycles. The summed E-state index contributed by atoms with van der Waals surface area (Å²) in [6.07, 6.45) is -0.381. The fourth-order valence-corrected chi connectivity index (χ4v) is 3.64. The number of rotatable bonds is 8. The molecule has 9 heteroatoms. The van der Waals surface area contributed by atoms with Crippen molar-refractivity contribution in [3.8, 4) is 0 Å². The normalized spacial score (nSPS) is 10.8. The Morgan fingerprint density at radius 1 is 0.966 bits per heavy atom. The number of carbonyl (C=O) groups excluding carboxylic acids is 3. The Morgan fingerprint density at radius 3 is 2.28 bits per heavy atom. The maximum Gasteiger partial charge on any atom is 0.307 e. The van der Waals surface area contributed by atoms with Gasteiger partial charge in [-0.2, -0.15) is 0 Å². The lowest BCUT2D eigenvalue weighted by molar-refractivity contribution is -0.146. The molecule has 0 spiro atoms. The van der Waals surface area contributed by atoms with Crippen LogP contribution in [0.4, 0.5) is 11.4 Å². The number of nitrogens with one attached hydrogen (secondary N) is 2. The first kappa shape index (κ1) is 22.1. The van der Waals surface area contributed by atoms with Gasteiger partial charge in [0.05, 0.1) is 17.1 Å². The van der Waals surface area contributed by atoms with Gasteiger partial charge in [-0.25, -0.2) is 8.42 Å². The third-order valence-corrected chi connectivity index (χ3v) is 5.51. The van der Waals surface area contributed by atoms with E-state index in [9.17, 15) is 22.8 Å². The Labute approximate surface area is 169 Å². The molecule has 2 rings (SSSR count). The molecule has 0 saturated carbocycles. The highest BCUT2D eigenvalue weighted by atomic mass is 32.2. The minimum Gasteiger partial charge on any atom is -0.456 e. The molecule has 0 fully saturated rings. The van der Waals surface area contributed by atoms with Crippen molar-refractivity contribution in [3.05, 3.63) is 54.1 Å². The molecular formula is C20H22N2O6S. The standard InChI is InChI=1S/C20H22N2O6S/c1-14-4-3-5-17(12-14)22-19(24)13-28-20(25)10-11-29(26,27)18-8-6-16(7-9-18)21-15(2)23/h3-9,12H,10-11,13H2,1-2H3,(H,21,23)(H,22,24). The summed E-state index contributed by atoms with van der Waals surface area (Å²) in [5.74, 6) is -2.02. The van der Waals surface area contributed by atoms with Gasteiger partial charge in [0, 0.05) is 18.3 Å². The highest BCUT2D eigenvalue weighted by Crippen LogP contribution is 2.16. The summed E-state index contributed by atoms with van der Waals surface area (Å²) in [5.41, 5.74) is 2.02. The zero-order valence-corrected chi connectivity index (χ0v) is 16.9. The molecule has 0 bridgehead atoms. The van der Waals surface area contributed by atoms with Gasteiger partial charge in [-0.15, -0.1) is 0 Å². The van der Waals surface area contributed by atoms with Gasteiger partial charge < -0.3 is 15.4 Å². The fourth-order valence-electron chi connectivity index (χ4n) is 2.42. The van der Waals surface area contributed by atoms with Crippen LogP contribution in [0.25, 0.3) is 0 Å². The van der Waals surface area contributed by atoms with Crippen molar-refractivity contribution in [2.75, 3.05) is 23.0 Å². The van der Waals surface area contributed by atoms with Gasteiger partial charge in [0.1, 0.15) is 0 Å². The van der Waals surface area contributed by atoms with Gasteiger partial charge in [0.2, 0.25) is 5.91 Å². The average molecular weight is 418 g/mol. The van der Waals surface area contributed by atoms with Crippen LogP contribution in [0.5, 0.6) is 0 Å². The third-order valence-electron chi connectivity index (χ3n) is 3.77. The number of anilines is 2. The number of amides is 2. The molecular weight excluding hydrogens is 396 g/mol. The van der Waals surface area contributed by atoms with E-state index in [4.69, 9.17) is 4.74 Å². The number of ether oxygens (including phenoxy) is 1. The summed E-state index contributed by atoms with van der Waals surface area (Å²) in [6, 6.07) is 12.8. The van der Waals surface area contributed by atoms with E-state index in [-0.39, 0.29) is 17.2 Å². The molecule has 0 aliphatic rings. The van der Waals surface area contributed by atoms with Crippen LogP contribution in [0, 0.1) is 6.92 Å². The molecule has 0 unspecified atom stereocenters. The summed E-state index contributed by atoms with van der Waals surface area (Å²) in [4.78, 5) is 34.6. The third kappa shape index (κ3) is 7.38. The van der Waals surface area contributed by atoms with Crippen LogP contribution in [0.15, 0.2) is 53.4 Å². The number of aryl methyl sites for hydroxylation is 1. The average Bonchev–Trinajstić information content (AvgIpc) is 2.65. The lowest BCUT2D eigenvalue weighted by Gasteiger charge is -2.08. The number of esters is 1. The molecule has 0 aliphatic carbocycles. The summed E-state index contributed by atoms with van der Waals surface area (Å²) < 4.78 is 29.5. The van der Waals surface area contributed by atoms with Crippen LogP contribution in [-0.2, 0) is 29.0 Å². The molecule has 0 heterocycles. The van der Waals surface area contributed by atoms with Crippen molar-refractivity contribution in [1.82, 2.24) is 0 Å². The maximum atomic E-state index is 12.3. The van der Waals surface area contributed by atoms with E-state index in [1.54, 1.807) is 18.2 Å². The Kier molecular flexibility index (Phi) is 7.49. The molecule has 2 amide bonds. The predicted octanol–water partition coefficient (Wildman–Crippen LogP) is 2.30. The van der Waals surface area contributed by atoms with E-state index in [0.29, 0.717) is 11.4 Å². The van der Waals surface area contributed by atoms with E-state index in [1.165, 1.54) is 31.2 Å². The van der Waals surface area contributed by atoms with E-state index in [0.717, 1.165) is 5.56 Å². The second-order valence-electron chi connectivity index (χ2n) is 6.35. The van der Waals surface area contributed by atoms with Gasteiger partial charge in [-0.05, 0) is 48.9 Å². The molecule has 154 valence electrons. The van der Waals surface area contributed by atoms with E-state index < -0.39 is 34.1 Å². The maximum absolute atomic E-state index is 12.3. The summed E-state index contributed by atoms with van der Waals surface area (Å²) in [7, 11) is -3.71. The molecule has 0 saturated heterocycles. The number of sulfone groups is 1. The second kappa shape index (κ2) is 9.83. The highest BCUT2D eigenvalue weighted by molar-refractivity contribution is 7.91. The van der Waals surface area contributed by atoms with Crippen LogP contribution in [0.3, 0.4) is 0 Å². The lowest BCUT2D eigenvalue weighted by atomic mass is 10.2. The van der Waals surface area contributed by atoms with Crippen molar-refractivity contribution in [2.24, 2.45) is 0 Å². The van der Waals surface area contributed by atoms with Crippen LogP contribution in [0.2, 0.25) is 0 Å². The van der Waals surface area contributed by atoms with E-state index >= 15 is 0 Å². The molecule has 0 aromatic heterocycles. The van der Waals surface area contributed by atoms with Crippen LogP contribution in [-0.4, -0.2) is 38.6 Å². The zero-order chi connectivity index (χ0) is 21.4. The van der Waals surface area contributed by atoms with Crippen molar-refractivity contribution in [2.45, 2.75) is 25.2 Å². The summed E-state index contributed by atoms with van der Waals surface area (Å²) in [6.45, 7) is 2.72. The first-order valence-corrected chi connectivity index (χ1v) is 10.4. The van der Waals surface area contributed by atoms with Gasteiger partial charge >= 0.3 is 5.97 Å². The molecule has 2 N–H and O–H groups in total. The molecule has 0 radical (unpaired) electrons. The first-order valence-electron chi connectivity index (χ1n) is 8.78. The second-order valence-corrected chi connectivity index (χ2v) is 8.46. The van der Waals surface area contributed by atoms with E-state index in [2.05, 4.69) is 10.6 Å². The quantitative estimate of drug-likeness (QED) is 0.635. The Morgan fingerprint density at radius 2 is 1.66 bits per heavy atom. The Balaban J connectivity index is 1.81. The highest BCUT2D eigenvalue weighted by Gasteiger charge is 2.18. The van der Waals surface area contributed by atoms with Crippen molar-refractivity contribution in [3.63, 3.8) is 0 Å². The van der Waals surface area contributed by atoms with Gasteiger partial charge in [-0.3, -0.25) is 14.4 Å². The van der Waals surface area contributed by atoms with Crippen LogP contribution >= 0.6 is 0 Å². The summed E-state index contributed by atoms with van der Waals surface area (Å²) in [5, 5.41) is 5.13. The van der Waals surface area contributed by atoms with Gasteiger partial charge in [0.15, 0.2) is 16.4 Å². The number of carbonyl (C=O) groups is 3. The lowest BCUT2D eigenvalue weighted by Crippen LogP contribution is -2.22. The molecule has 2 aromatic rings. The number of benzene rings is 2. The van der Waals surface area contributed by atoms with Crippen molar-refractivity contribution in [1.29, 1.82) is 0 Å². The number of hydrogen-bond acceptors (Lipinski definition) is 6. The monoisotopic (exact) mass is 418 g/mol. The largest absolute Gasteiger partial charge is 0.456 e.